The van der Waals surface area contributed by atoms with Crippen LogP contribution in [0.1, 0.15) is 22.0 Å². The molecule has 1 aliphatic rings. The number of nitrogen functional groups attached to an aromatic ring is 1. The third kappa shape index (κ3) is 3.25. The van der Waals surface area contributed by atoms with Crippen molar-refractivity contribution in [1.82, 2.24) is 4.98 Å². The highest BCUT2D eigenvalue weighted by molar-refractivity contribution is 6.08. The predicted octanol–water partition coefficient (Wildman–Crippen LogP) is 3.01. The smallest absolute Gasteiger partial charge is 0.274 e. The van der Waals surface area contributed by atoms with Crippen molar-refractivity contribution in [3.05, 3.63) is 83.9 Å². The Bertz CT molecular complexity index is 990. The number of benzene rings is 2. The largest absolute Gasteiger partial charge is 0.472 e. The van der Waals surface area contributed by atoms with Crippen molar-refractivity contribution in [3.63, 3.8) is 0 Å². The normalized spacial score (nSPS) is 15.8. The highest BCUT2D eigenvalue weighted by Crippen LogP contribution is 2.38. The quantitative estimate of drug-likeness (QED) is 0.724. The van der Waals surface area contributed by atoms with Gasteiger partial charge in [0.15, 0.2) is 17.4 Å². The molecule has 0 saturated heterocycles. The van der Waals surface area contributed by atoms with E-state index in [0.717, 1.165) is 0 Å². The first-order valence-electron chi connectivity index (χ1n) is 8.51. The second-order valence-corrected chi connectivity index (χ2v) is 6.18. The minimum atomic E-state index is -0.840. The van der Waals surface area contributed by atoms with Gasteiger partial charge in [0.2, 0.25) is 6.10 Å². The third-order valence-corrected chi connectivity index (χ3v) is 4.35. The maximum Gasteiger partial charge on any atom is 0.274 e. The van der Waals surface area contributed by atoms with Crippen molar-refractivity contribution >= 4 is 23.3 Å². The summed E-state index contributed by atoms with van der Waals surface area (Å²) in [6.45, 7) is -0.140. The number of aromatic nitrogens is 1. The molecule has 0 aliphatic carbocycles. The molecular formula is C21H17N3O3. The minimum Gasteiger partial charge on any atom is -0.472 e. The molecule has 0 saturated carbocycles. The Morgan fingerprint density at radius 3 is 2.37 bits per heavy atom. The predicted molar refractivity (Wildman–Crippen MR) is 102 cm³/mol. The van der Waals surface area contributed by atoms with E-state index in [1.807, 2.05) is 36.4 Å². The number of nitrogens with zero attached hydrogens (tertiary/aromatic N) is 2. The van der Waals surface area contributed by atoms with E-state index in [1.165, 1.54) is 4.90 Å². The summed E-state index contributed by atoms with van der Waals surface area (Å²) >= 11 is 0. The van der Waals surface area contributed by atoms with Crippen LogP contribution in [0.4, 0.5) is 11.6 Å². The summed E-state index contributed by atoms with van der Waals surface area (Å²) in [6.07, 6.45) is -0.840. The fourth-order valence-corrected chi connectivity index (χ4v) is 3.01. The number of nitrogens with two attached hydrogens (primary N) is 1. The van der Waals surface area contributed by atoms with Crippen molar-refractivity contribution < 1.29 is 14.3 Å². The van der Waals surface area contributed by atoms with E-state index in [4.69, 9.17) is 10.5 Å². The van der Waals surface area contributed by atoms with E-state index >= 15 is 0 Å². The summed E-state index contributed by atoms with van der Waals surface area (Å²) in [5.41, 5.74) is 7.02. The van der Waals surface area contributed by atoms with Crippen molar-refractivity contribution in [2.75, 3.05) is 17.2 Å². The monoisotopic (exact) mass is 359 g/mol. The van der Waals surface area contributed by atoms with Gasteiger partial charge in [-0.05, 0) is 12.1 Å². The molecule has 0 bridgehead atoms. The van der Waals surface area contributed by atoms with Crippen molar-refractivity contribution in [3.8, 4) is 5.75 Å². The topological polar surface area (TPSA) is 85.5 Å². The molecule has 0 radical (unpaired) electrons. The van der Waals surface area contributed by atoms with Gasteiger partial charge in [-0.1, -0.05) is 60.7 Å². The summed E-state index contributed by atoms with van der Waals surface area (Å²) in [4.78, 5) is 31.4. The lowest BCUT2D eigenvalue weighted by Crippen LogP contribution is -2.44. The summed E-state index contributed by atoms with van der Waals surface area (Å²) in [7, 11) is 0. The van der Waals surface area contributed by atoms with Gasteiger partial charge in [0.25, 0.3) is 5.91 Å². The van der Waals surface area contributed by atoms with Crippen molar-refractivity contribution in [1.29, 1.82) is 0 Å². The molecule has 27 heavy (non-hydrogen) atoms. The molecule has 1 amide bonds. The molecule has 2 N–H and O–H groups in total. The lowest BCUT2D eigenvalue weighted by Gasteiger charge is -2.33. The van der Waals surface area contributed by atoms with Crippen LogP contribution < -0.4 is 15.4 Å². The Balaban J connectivity index is 1.72. The van der Waals surface area contributed by atoms with Crippen LogP contribution in [0.3, 0.4) is 0 Å². The maximum atomic E-state index is 13.1. The van der Waals surface area contributed by atoms with E-state index in [2.05, 4.69) is 4.98 Å². The standard InChI is InChI=1S/C21H17N3O3/c22-18-12-11-17-20(23-18)24(13-16(25)14-7-3-1-4-8-14)21(26)19(27-17)15-9-5-2-6-10-15/h1-12,19H,13H2,(H2,22,23). The molecule has 1 aliphatic heterocycles. The Morgan fingerprint density at radius 2 is 1.67 bits per heavy atom. The Labute approximate surface area is 156 Å². The average Bonchev–Trinajstić information content (AvgIpc) is 2.71. The van der Waals surface area contributed by atoms with Gasteiger partial charge < -0.3 is 10.5 Å². The maximum absolute atomic E-state index is 13.1. The summed E-state index contributed by atoms with van der Waals surface area (Å²) < 4.78 is 5.88. The molecule has 0 spiro atoms. The van der Waals surface area contributed by atoms with Gasteiger partial charge in [-0.15, -0.1) is 0 Å². The number of Topliss-reactive ketones (excluding diaryl/α,β-unsaturated/α-hetero) is 1. The number of anilines is 2. The number of hydrogen-bond acceptors (Lipinski definition) is 5. The fraction of sp³-hybridized carbons (Fsp3) is 0.0952. The molecular weight excluding hydrogens is 342 g/mol. The zero-order valence-electron chi connectivity index (χ0n) is 14.4. The van der Waals surface area contributed by atoms with Gasteiger partial charge in [0.05, 0.1) is 6.54 Å². The molecule has 1 aromatic heterocycles. The second-order valence-electron chi connectivity index (χ2n) is 6.18. The highest BCUT2D eigenvalue weighted by atomic mass is 16.5. The van der Waals surface area contributed by atoms with Gasteiger partial charge in [-0.2, -0.15) is 0 Å². The van der Waals surface area contributed by atoms with E-state index < -0.39 is 6.10 Å². The lowest BCUT2D eigenvalue weighted by molar-refractivity contribution is -0.126. The number of amides is 1. The molecule has 134 valence electrons. The van der Waals surface area contributed by atoms with Crippen LogP contribution in [0.2, 0.25) is 0 Å². The van der Waals surface area contributed by atoms with Gasteiger partial charge in [0.1, 0.15) is 5.82 Å². The van der Waals surface area contributed by atoms with E-state index in [1.54, 1.807) is 36.4 Å². The molecule has 3 aromatic rings. The summed E-state index contributed by atoms with van der Waals surface area (Å²) in [5, 5.41) is 0. The summed E-state index contributed by atoms with van der Waals surface area (Å²) in [5.74, 6) is 0.388. The highest BCUT2D eigenvalue weighted by Gasteiger charge is 2.37. The Hall–Kier alpha value is -3.67. The first-order valence-corrected chi connectivity index (χ1v) is 8.51. The molecule has 6 heteroatoms. The van der Waals surface area contributed by atoms with E-state index in [-0.39, 0.29) is 29.9 Å². The van der Waals surface area contributed by atoms with Gasteiger partial charge in [0, 0.05) is 11.1 Å². The summed E-state index contributed by atoms with van der Waals surface area (Å²) in [6, 6.07) is 21.3. The van der Waals surface area contributed by atoms with Crippen LogP contribution in [0.25, 0.3) is 0 Å². The molecule has 4 rings (SSSR count). The zero-order valence-corrected chi connectivity index (χ0v) is 14.4. The second kappa shape index (κ2) is 6.92. The van der Waals surface area contributed by atoms with Crippen LogP contribution in [-0.4, -0.2) is 23.2 Å². The number of hydrogen-bond donors (Lipinski definition) is 1. The van der Waals surface area contributed by atoms with Crippen LogP contribution in [0.5, 0.6) is 5.75 Å². The van der Waals surface area contributed by atoms with Crippen molar-refractivity contribution in [2.24, 2.45) is 0 Å². The Morgan fingerprint density at radius 1 is 1.00 bits per heavy atom. The number of ketones is 1. The first kappa shape index (κ1) is 16.8. The molecule has 2 aromatic carbocycles. The SMILES string of the molecule is Nc1ccc2c(n1)N(CC(=O)c1ccccc1)C(=O)C(c1ccccc1)O2. The van der Waals surface area contributed by atoms with Crippen LogP contribution in [0.15, 0.2) is 72.8 Å². The van der Waals surface area contributed by atoms with Gasteiger partial charge in [-0.3, -0.25) is 14.5 Å². The molecule has 0 fully saturated rings. The number of carbonyl (C=O) groups excluding carboxylic acids is 2. The average molecular weight is 359 g/mol. The van der Waals surface area contributed by atoms with Crippen molar-refractivity contribution in [2.45, 2.75) is 6.10 Å². The van der Waals surface area contributed by atoms with E-state index in [9.17, 15) is 9.59 Å². The Kier molecular flexibility index (Phi) is 4.30. The zero-order chi connectivity index (χ0) is 18.8. The lowest BCUT2D eigenvalue weighted by atomic mass is 10.1. The van der Waals surface area contributed by atoms with Gasteiger partial charge in [-0.25, -0.2) is 4.98 Å². The minimum absolute atomic E-state index is 0.140. The molecule has 6 nitrogen and oxygen atoms in total. The fourth-order valence-electron chi connectivity index (χ4n) is 3.01. The third-order valence-electron chi connectivity index (χ3n) is 4.35. The number of fused-ring (bicyclic) bond motifs is 1. The molecule has 1 atom stereocenters. The van der Waals surface area contributed by atoms with Crippen LogP contribution in [-0.2, 0) is 4.79 Å². The number of rotatable bonds is 4. The molecule has 2 heterocycles. The molecule has 1 unspecified atom stereocenters. The number of pyridine rings is 1. The number of ether oxygens (including phenoxy) is 1. The van der Waals surface area contributed by atoms with Crippen LogP contribution in [0, 0.1) is 0 Å². The van der Waals surface area contributed by atoms with E-state index in [0.29, 0.717) is 16.9 Å². The van der Waals surface area contributed by atoms with Gasteiger partial charge >= 0.3 is 0 Å². The number of carbonyl (C=O) groups is 2. The first-order chi connectivity index (χ1) is 13.1. The van der Waals surface area contributed by atoms with Crippen LogP contribution >= 0.6 is 0 Å².